The standard InChI is InChI=1S/C25H18F2N2O4/c1-33-19-9-7-18(8-10-19)28-23(30)14-29-13-21(24(31)15-2-4-16(26)5-3-15)25(32)20-12-17(27)6-11-22(20)29/h2-13H,14H2,1H3,(H,28,30). The molecule has 1 N–H and O–H groups in total. The molecule has 1 heterocycles. The van der Waals surface area contributed by atoms with E-state index in [-0.39, 0.29) is 23.1 Å². The summed E-state index contributed by atoms with van der Waals surface area (Å²) in [4.78, 5) is 38.6. The average Bonchev–Trinajstić information content (AvgIpc) is 2.81. The number of carbonyl (C=O) groups excluding carboxylic acids is 2. The summed E-state index contributed by atoms with van der Waals surface area (Å²) in [6.45, 7) is -0.238. The number of ketones is 1. The van der Waals surface area contributed by atoms with E-state index in [0.29, 0.717) is 17.0 Å². The quantitative estimate of drug-likeness (QED) is 0.450. The van der Waals surface area contributed by atoms with E-state index in [9.17, 15) is 23.2 Å². The Hall–Kier alpha value is -4.33. The third-order valence-corrected chi connectivity index (χ3v) is 5.08. The van der Waals surface area contributed by atoms with Crippen molar-refractivity contribution in [3.8, 4) is 5.75 Å². The minimum absolute atomic E-state index is 0.0415. The van der Waals surface area contributed by atoms with Gasteiger partial charge in [-0.2, -0.15) is 0 Å². The van der Waals surface area contributed by atoms with E-state index in [0.717, 1.165) is 18.2 Å². The van der Waals surface area contributed by atoms with Gasteiger partial charge in [-0.3, -0.25) is 14.4 Å². The van der Waals surface area contributed by atoms with Gasteiger partial charge in [-0.05, 0) is 66.7 Å². The molecule has 8 heteroatoms. The molecule has 0 atom stereocenters. The fourth-order valence-corrected chi connectivity index (χ4v) is 3.45. The van der Waals surface area contributed by atoms with Crippen LogP contribution in [-0.2, 0) is 11.3 Å². The number of rotatable bonds is 6. The third kappa shape index (κ3) is 4.64. The molecule has 0 aliphatic rings. The first kappa shape index (κ1) is 21.9. The van der Waals surface area contributed by atoms with E-state index in [4.69, 9.17) is 4.74 Å². The molecule has 166 valence electrons. The van der Waals surface area contributed by atoms with Crippen molar-refractivity contribution >= 4 is 28.3 Å². The van der Waals surface area contributed by atoms with Gasteiger partial charge in [0, 0.05) is 22.8 Å². The highest BCUT2D eigenvalue weighted by Crippen LogP contribution is 2.18. The molecule has 0 fully saturated rings. The number of carbonyl (C=O) groups is 2. The largest absolute Gasteiger partial charge is 0.497 e. The van der Waals surface area contributed by atoms with Gasteiger partial charge in [-0.1, -0.05) is 0 Å². The molecule has 33 heavy (non-hydrogen) atoms. The maximum atomic E-state index is 13.9. The molecule has 0 spiro atoms. The number of halogens is 2. The van der Waals surface area contributed by atoms with Gasteiger partial charge in [0.15, 0.2) is 5.78 Å². The van der Waals surface area contributed by atoms with E-state index in [1.807, 2.05) is 0 Å². The van der Waals surface area contributed by atoms with Crippen LogP contribution < -0.4 is 15.5 Å². The number of amides is 1. The summed E-state index contributed by atoms with van der Waals surface area (Å²) in [7, 11) is 1.53. The van der Waals surface area contributed by atoms with Crippen LogP contribution in [0, 0.1) is 11.6 Å². The number of ether oxygens (including phenoxy) is 1. The second kappa shape index (κ2) is 9.04. The first-order valence-corrected chi connectivity index (χ1v) is 9.92. The van der Waals surface area contributed by atoms with Crippen molar-refractivity contribution in [2.24, 2.45) is 0 Å². The lowest BCUT2D eigenvalue weighted by atomic mass is 10.0. The van der Waals surface area contributed by atoms with E-state index in [1.165, 1.54) is 42.1 Å². The van der Waals surface area contributed by atoms with Crippen molar-refractivity contribution < 1.29 is 23.1 Å². The summed E-state index contributed by atoms with van der Waals surface area (Å²) < 4.78 is 33.6. The van der Waals surface area contributed by atoms with Crippen LogP contribution in [0.5, 0.6) is 5.75 Å². The molecule has 0 aliphatic carbocycles. The Balaban J connectivity index is 1.72. The molecule has 1 amide bonds. The number of nitrogens with zero attached hydrogens (tertiary/aromatic N) is 1. The number of hydrogen-bond acceptors (Lipinski definition) is 4. The van der Waals surface area contributed by atoms with Gasteiger partial charge in [-0.25, -0.2) is 8.78 Å². The summed E-state index contributed by atoms with van der Waals surface area (Å²) in [6, 6.07) is 15.0. The van der Waals surface area contributed by atoms with Crippen LogP contribution in [0.3, 0.4) is 0 Å². The number of pyridine rings is 1. The van der Waals surface area contributed by atoms with Crippen molar-refractivity contribution in [3.05, 3.63) is 106 Å². The fourth-order valence-electron chi connectivity index (χ4n) is 3.45. The normalized spacial score (nSPS) is 10.8. The van der Waals surface area contributed by atoms with Crippen LogP contribution in [0.2, 0.25) is 0 Å². The van der Waals surface area contributed by atoms with Gasteiger partial charge in [-0.15, -0.1) is 0 Å². The minimum atomic E-state index is -0.675. The Kier molecular flexibility index (Phi) is 5.99. The number of anilines is 1. The van der Waals surface area contributed by atoms with Crippen LogP contribution in [-0.4, -0.2) is 23.4 Å². The van der Waals surface area contributed by atoms with Crippen molar-refractivity contribution in [1.82, 2.24) is 4.57 Å². The molecule has 0 aliphatic heterocycles. The summed E-state index contributed by atoms with van der Waals surface area (Å²) in [5.74, 6) is -1.63. The molecule has 3 aromatic carbocycles. The van der Waals surface area contributed by atoms with Crippen LogP contribution in [0.1, 0.15) is 15.9 Å². The van der Waals surface area contributed by atoms with Gasteiger partial charge in [0.05, 0.1) is 18.2 Å². The lowest BCUT2D eigenvalue weighted by molar-refractivity contribution is -0.116. The maximum Gasteiger partial charge on any atom is 0.244 e. The van der Waals surface area contributed by atoms with Crippen LogP contribution in [0.4, 0.5) is 14.5 Å². The van der Waals surface area contributed by atoms with Gasteiger partial charge in [0.1, 0.15) is 23.9 Å². The topological polar surface area (TPSA) is 77.4 Å². The molecule has 0 saturated carbocycles. The third-order valence-electron chi connectivity index (χ3n) is 5.08. The maximum absolute atomic E-state index is 13.9. The molecule has 1 aromatic heterocycles. The second-order valence-corrected chi connectivity index (χ2v) is 7.27. The second-order valence-electron chi connectivity index (χ2n) is 7.27. The Bertz CT molecular complexity index is 1410. The molecule has 4 aromatic rings. The smallest absolute Gasteiger partial charge is 0.244 e. The number of hydrogen-bond donors (Lipinski definition) is 1. The summed E-state index contributed by atoms with van der Waals surface area (Å²) in [6.07, 6.45) is 1.27. The number of benzene rings is 3. The number of aromatic nitrogens is 1. The van der Waals surface area contributed by atoms with Gasteiger partial charge in [0.25, 0.3) is 0 Å². The first-order chi connectivity index (χ1) is 15.9. The Morgan fingerprint density at radius 2 is 1.61 bits per heavy atom. The van der Waals surface area contributed by atoms with E-state index in [1.54, 1.807) is 24.3 Å². The molecule has 0 radical (unpaired) electrons. The van der Waals surface area contributed by atoms with Crippen LogP contribution in [0.25, 0.3) is 10.9 Å². The van der Waals surface area contributed by atoms with E-state index in [2.05, 4.69) is 5.32 Å². The van der Waals surface area contributed by atoms with Crippen molar-refractivity contribution in [2.45, 2.75) is 6.54 Å². The molecular weight excluding hydrogens is 430 g/mol. The van der Waals surface area contributed by atoms with Crippen LogP contribution in [0.15, 0.2) is 77.7 Å². The average molecular weight is 448 g/mol. The fraction of sp³-hybridized carbons (Fsp3) is 0.0800. The Morgan fingerprint density at radius 1 is 0.939 bits per heavy atom. The van der Waals surface area contributed by atoms with Crippen LogP contribution >= 0.6 is 0 Å². The lowest BCUT2D eigenvalue weighted by Gasteiger charge is -2.14. The highest BCUT2D eigenvalue weighted by Gasteiger charge is 2.19. The molecular formula is C25H18F2N2O4. The highest BCUT2D eigenvalue weighted by atomic mass is 19.1. The predicted octanol–water partition coefficient (Wildman–Crippen LogP) is 4.16. The SMILES string of the molecule is COc1ccc(NC(=O)Cn2cc(C(=O)c3ccc(F)cc3)c(=O)c3cc(F)ccc32)cc1. The molecule has 4 rings (SSSR count). The number of methoxy groups -OCH3 is 1. The van der Waals surface area contributed by atoms with Crippen molar-refractivity contribution in [1.29, 1.82) is 0 Å². The predicted molar refractivity (Wildman–Crippen MR) is 120 cm³/mol. The van der Waals surface area contributed by atoms with E-state index >= 15 is 0 Å². The monoisotopic (exact) mass is 448 g/mol. The van der Waals surface area contributed by atoms with Gasteiger partial charge < -0.3 is 14.6 Å². The molecule has 0 bridgehead atoms. The Labute approximate surface area is 187 Å². The number of nitrogens with one attached hydrogen (secondary N) is 1. The zero-order valence-electron chi connectivity index (χ0n) is 17.5. The highest BCUT2D eigenvalue weighted by molar-refractivity contribution is 6.10. The summed E-state index contributed by atoms with van der Waals surface area (Å²) in [5, 5.41) is 2.68. The molecule has 0 saturated heterocycles. The first-order valence-electron chi connectivity index (χ1n) is 9.92. The zero-order valence-corrected chi connectivity index (χ0v) is 17.5. The lowest BCUT2D eigenvalue weighted by Crippen LogP contribution is -2.24. The molecule has 6 nitrogen and oxygen atoms in total. The summed E-state index contributed by atoms with van der Waals surface area (Å²) >= 11 is 0. The van der Waals surface area contributed by atoms with Gasteiger partial charge >= 0.3 is 0 Å². The Morgan fingerprint density at radius 3 is 2.27 bits per heavy atom. The van der Waals surface area contributed by atoms with Gasteiger partial charge in [0.2, 0.25) is 11.3 Å². The van der Waals surface area contributed by atoms with E-state index < -0.39 is 28.8 Å². The van der Waals surface area contributed by atoms with Crippen molar-refractivity contribution in [3.63, 3.8) is 0 Å². The summed E-state index contributed by atoms with van der Waals surface area (Å²) in [5.41, 5.74) is -0.0113. The minimum Gasteiger partial charge on any atom is -0.497 e. The molecule has 0 unspecified atom stereocenters. The number of fused-ring (bicyclic) bond motifs is 1. The van der Waals surface area contributed by atoms with Crippen molar-refractivity contribution in [2.75, 3.05) is 12.4 Å². The zero-order chi connectivity index (χ0) is 23.5.